The third-order valence-electron chi connectivity index (χ3n) is 6.14. The second-order valence-electron chi connectivity index (χ2n) is 8.65. The zero-order valence-electron chi connectivity index (χ0n) is 19.5. The fourth-order valence-corrected chi connectivity index (χ4v) is 4.22. The van der Waals surface area contributed by atoms with Gasteiger partial charge in [0, 0.05) is 53.9 Å². The van der Waals surface area contributed by atoms with Crippen LogP contribution in [0.3, 0.4) is 0 Å². The fourth-order valence-electron chi connectivity index (χ4n) is 4.22. The molecule has 4 aromatic rings. The molecular formula is C25H22B2F2N4O2. The van der Waals surface area contributed by atoms with Crippen molar-refractivity contribution in [3.05, 3.63) is 82.8 Å². The molecule has 0 saturated heterocycles. The molecule has 4 radical (unpaired) electrons. The molecule has 1 N–H and O–H groups in total. The van der Waals surface area contributed by atoms with Gasteiger partial charge in [-0.1, -0.05) is 12.1 Å². The molecule has 35 heavy (non-hydrogen) atoms. The number of fused-ring (bicyclic) bond motifs is 1. The van der Waals surface area contributed by atoms with E-state index in [0.717, 1.165) is 0 Å². The molecule has 0 bridgehead atoms. The molecule has 0 saturated carbocycles. The number of carbonyl (C=O) groups excluding carboxylic acids is 1. The quantitative estimate of drug-likeness (QED) is 0.332. The lowest BCUT2D eigenvalue weighted by Crippen LogP contribution is -2.26. The van der Waals surface area contributed by atoms with Crippen molar-refractivity contribution in [1.29, 1.82) is 0 Å². The molecule has 1 atom stereocenters. The Labute approximate surface area is 204 Å². The normalized spacial score (nSPS) is 12.9. The van der Waals surface area contributed by atoms with Crippen LogP contribution in [0, 0.1) is 11.6 Å². The van der Waals surface area contributed by atoms with Gasteiger partial charge >= 0.3 is 0 Å². The number of carbonyl (C=O) groups is 1. The van der Waals surface area contributed by atoms with Crippen molar-refractivity contribution in [2.45, 2.75) is 24.9 Å². The standard InChI is InChI=1S/C25H22B2F2N4O2/c1-14(32(2)12-22-15(13-34)5-4-8-30-22)23-20(28)9-16(10-21(23)29)17-6-7-19(25(26,27)35)24-18(17)11-33(3)31-24/h4-11,13-14,35H,12H2,1-3H3. The third kappa shape index (κ3) is 4.76. The van der Waals surface area contributed by atoms with Crippen LogP contribution in [0.1, 0.15) is 40.1 Å². The maximum absolute atomic E-state index is 15.3. The Hall–Kier alpha value is -3.36. The topological polar surface area (TPSA) is 71.2 Å². The van der Waals surface area contributed by atoms with Gasteiger partial charge in [0.2, 0.25) is 0 Å². The van der Waals surface area contributed by atoms with E-state index in [1.807, 2.05) is 0 Å². The molecule has 174 valence electrons. The summed E-state index contributed by atoms with van der Waals surface area (Å²) in [5, 5.41) is 12.8. The summed E-state index contributed by atoms with van der Waals surface area (Å²) in [6.07, 6.45) is 3.94. The minimum atomic E-state index is -2.12. The highest BCUT2D eigenvalue weighted by molar-refractivity contribution is 6.39. The molecule has 1 unspecified atom stereocenters. The lowest BCUT2D eigenvalue weighted by molar-refractivity contribution is 0.112. The number of rotatable bonds is 7. The first-order valence-electron chi connectivity index (χ1n) is 10.9. The first-order chi connectivity index (χ1) is 16.5. The number of halogens is 2. The SMILES string of the molecule is [B]C([B])(O)c1ccc(-c2cc(F)c(C(C)N(C)Cc3ncccc3C=O)c(F)c2)c2cn(C)nc12. The van der Waals surface area contributed by atoms with Gasteiger partial charge in [0.15, 0.2) is 6.29 Å². The summed E-state index contributed by atoms with van der Waals surface area (Å²) in [6, 6.07) is 8.26. The van der Waals surface area contributed by atoms with E-state index in [9.17, 15) is 9.90 Å². The number of benzene rings is 2. The predicted molar refractivity (Wildman–Crippen MR) is 131 cm³/mol. The average molecular weight is 470 g/mol. The Morgan fingerprint density at radius 2 is 1.91 bits per heavy atom. The van der Waals surface area contributed by atoms with Crippen LogP contribution in [0.2, 0.25) is 0 Å². The maximum Gasteiger partial charge on any atom is 0.151 e. The van der Waals surface area contributed by atoms with Crippen LogP contribution in [0.25, 0.3) is 22.0 Å². The maximum atomic E-state index is 15.3. The van der Waals surface area contributed by atoms with Crippen molar-refractivity contribution in [2.75, 3.05) is 7.05 Å². The first-order valence-corrected chi connectivity index (χ1v) is 10.9. The third-order valence-corrected chi connectivity index (χ3v) is 6.14. The largest absolute Gasteiger partial charge is 0.405 e. The monoisotopic (exact) mass is 470 g/mol. The Balaban J connectivity index is 1.72. The van der Waals surface area contributed by atoms with E-state index in [0.29, 0.717) is 39.6 Å². The van der Waals surface area contributed by atoms with Gasteiger partial charge in [0.05, 0.1) is 11.2 Å². The Morgan fingerprint density at radius 1 is 1.23 bits per heavy atom. The summed E-state index contributed by atoms with van der Waals surface area (Å²) in [6.45, 7) is 1.91. The number of pyridine rings is 1. The highest BCUT2D eigenvalue weighted by atomic mass is 19.1. The van der Waals surface area contributed by atoms with Gasteiger partial charge in [-0.25, -0.2) is 8.78 Å². The van der Waals surface area contributed by atoms with Crippen molar-refractivity contribution >= 4 is 32.9 Å². The smallest absolute Gasteiger partial charge is 0.151 e. The van der Waals surface area contributed by atoms with E-state index in [4.69, 9.17) is 15.7 Å². The Morgan fingerprint density at radius 3 is 2.54 bits per heavy atom. The highest BCUT2D eigenvalue weighted by Gasteiger charge is 2.25. The van der Waals surface area contributed by atoms with E-state index in [1.54, 1.807) is 56.5 Å². The van der Waals surface area contributed by atoms with E-state index < -0.39 is 23.1 Å². The van der Waals surface area contributed by atoms with Crippen LogP contribution in [0.4, 0.5) is 8.78 Å². The molecule has 2 aromatic carbocycles. The molecule has 10 heteroatoms. The summed E-state index contributed by atoms with van der Waals surface area (Å²) in [7, 11) is 14.7. The number of hydrogen-bond donors (Lipinski definition) is 1. The Bertz CT molecular complexity index is 1400. The minimum absolute atomic E-state index is 0.0998. The zero-order valence-corrected chi connectivity index (χ0v) is 19.5. The van der Waals surface area contributed by atoms with Crippen molar-refractivity contribution < 1.29 is 18.7 Å². The van der Waals surface area contributed by atoms with Gasteiger partial charge in [0.1, 0.15) is 27.3 Å². The van der Waals surface area contributed by atoms with Crippen LogP contribution < -0.4 is 0 Å². The summed E-state index contributed by atoms with van der Waals surface area (Å²) < 4.78 is 32.2. The summed E-state index contributed by atoms with van der Waals surface area (Å²) in [5.74, 6) is -1.43. The predicted octanol–water partition coefficient (Wildman–Crippen LogP) is 3.36. The lowest BCUT2D eigenvalue weighted by Gasteiger charge is -2.26. The highest BCUT2D eigenvalue weighted by Crippen LogP contribution is 2.36. The van der Waals surface area contributed by atoms with Crippen LogP contribution in [-0.2, 0) is 19.0 Å². The molecular weight excluding hydrogens is 448 g/mol. The molecule has 2 heterocycles. The van der Waals surface area contributed by atoms with Crippen molar-refractivity contribution in [2.24, 2.45) is 7.05 Å². The second kappa shape index (κ2) is 9.36. The van der Waals surface area contributed by atoms with Crippen LogP contribution >= 0.6 is 0 Å². The molecule has 0 amide bonds. The van der Waals surface area contributed by atoms with Gasteiger partial charge in [-0.05, 0) is 54.9 Å². The molecule has 0 aliphatic heterocycles. The summed E-state index contributed by atoms with van der Waals surface area (Å²) in [5.41, 5.74) is 2.17. The molecule has 0 fully saturated rings. The molecule has 6 nitrogen and oxygen atoms in total. The van der Waals surface area contributed by atoms with E-state index in [1.165, 1.54) is 22.9 Å². The second-order valence-corrected chi connectivity index (χ2v) is 8.65. The van der Waals surface area contributed by atoms with Crippen LogP contribution in [-0.4, -0.2) is 53.8 Å². The van der Waals surface area contributed by atoms with E-state index in [2.05, 4.69) is 10.1 Å². The minimum Gasteiger partial charge on any atom is -0.405 e. The van der Waals surface area contributed by atoms with Gasteiger partial charge in [0.25, 0.3) is 0 Å². The number of aliphatic hydroxyl groups is 1. The van der Waals surface area contributed by atoms with E-state index in [-0.39, 0.29) is 17.7 Å². The molecule has 0 aliphatic carbocycles. The van der Waals surface area contributed by atoms with Gasteiger partial charge in [-0.3, -0.25) is 19.4 Å². The van der Waals surface area contributed by atoms with Crippen LogP contribution in [0.15, 0.2) is 48.8 Å². The molecule has 0 spiro atoms. The Kier molecular flexibility index (Phi) is 6.62. The first kappa shape index (κ1) is 24.8. The number of hydrogen-bond acceptors (Lipinski definition) is 5. The lowest BCUT2D eigenvalue weighted by atomic mass is 9.61. The van der Waals surface area contributed by atoms with Crippen molar-refractivity contribution in [1.82, 2.24) is 19.7 Å². The number of nitrogens with zero attached hydrogens (tertiary/aromatic N) is 4. The van der Waals surface area contributed by atoms with Crippen molar-refractivity contribution in [3.8, 4) is 11.1 Å². The van der Waals surface area contributed by atoms with Gasteiger partial charge in [-0.2, -0.15) is 5.10 Å². The summed E-state index contributed by atoms with van der Waals surface area (Å²) in [4.78, 5) is 17.2. The van der Waals surface area contributed by atoms with Crippen molar-refractivity contribution in [3.63, 3.8) is 0 Å². The molecule has 0 aliphatic rings. The molecule has 4 rings (SSSR count). The molecule has 2 aromatic heterocycles. The number of aromatic nitrogens is 3. The number of aldehydes is 1. The van der Waals surface area contributed by atoms with Gasteiger partial charge in [-0.15, -0.1) is 0 Å². The summed E-state index contributed by atoms with van der Waals surface area (Å²) >= 11 is 0. The number of aryl methyl sites for hydroxylation is 1. The van der Waals surface area contributed by atoms with Gasteiger partial charge < -0.3 is 5.11 Å². The zero-order chi connectivity index (χ0) is 25.5. The van der Waals surface area contributed by atoms with Crippen LogP contribution in [0.5, 0.6) is 0 Å². The fraction of sp³-hybridized carbons (Fsp3) is 0.240. The average Bonchev–Trinajstić information content (AvgIpc) is 3.18. The van der Waals surface area contributed by atoms with E-state index >= 15 is 8.78 Å².